The van der Waals surface area contributed by atoms with Crippen molar-refractivity contribution < 1.29 is 12.9 Å². The van der Waals surface area contributed by atoms with Crippen LogP contribution in [0.2, 0.25) is 0 Å². The van der Waals surface area contributed by atoms with Crippen LogP contribution in [0.15, 0.2) is 28.9 Å². The Hall–Kier alpha value is -1.80. The smallest absolute Gasteiger partial charge is 0.232 e. The number of hydrogen-bond acceptors (Lipinski definition) is 6. The van der Waals surface area contributed by atoms with Gasteiger partial charge in [0.2, 0.25) is 21.7 Å². The van der Waals surface area contributed by atoms with E-state index in [-0.39, 0.29) is 11.7 Å². The van der Waals surface area contributed by atoms with Gasteiger partial charge in [-0.3, -0.25) is 4.98 Å². The second-order valence-corrected chi connectivity index (χ2v) is 7.09. The molecule has 7 nitrogen and oxygen atoms in total. The predicted octanol–water partition coefficient (Wildman–Crippen LogP) is 1.27. The quantitative estimate of drug-likeness (QED) is 0.826. The molecule has 2 aromatic heterocycles. The van der Waals surface area contributed by atoms with Gasteiger partial charge in [0.05, 0.1) is 11.7 Å². The Bertz CT molecular complexity index is 708. The average molecular weight is 308 g/mol. The van der Waals surface area contributed by atoms with Gasteiger partial charge in [-0.25, -0.2) is 12.7 Å². The van der Waals surface area contributed by atoms with Crippen molar-refractivity contribution in [3.05, 3.63) is 30.3 Å². The zero-order chi connectivity index (χ0) is 14.9. The Morgan fingerprint density at radius 1 is 1.38 bits per heavy atom. The van der Waals surface area contributed by atoms with Crippen molar-refractivity contribution in [2.75, 3.05) is 18.8 Å². The van der Waals surface area contributed by atoms with Gasteiger partial charge >= 0.3 is 0 Å². The first kappa shape index (κ1) is 14.2. The van der Waals surface area contributed by atoms with Crippen molar-refractivity contribution >= 4 is 10.0 Å². The van der Waals surface area contributed by atoms with Crippen LogP contribution in [0, 0.1) is 0 Å². The Balaban J connectivity index is 1.67. The maximum Gasteiger partial charge on any atom is 0.232 e. The van der Waals surface area contributed by atoms with E-state index < -0.39 is 10.0 Å². The van der Waals surface area contributed by atoms with E-state index >= 15 is 0 Å². The molecule has 0 spiro atoms. The molecule has 0 unspecified atom stereocenters. The van der Waals surface area contributed by atoms with Crippen LogP contribution in [-0.2, 0) is 10.0 Å². The molecule has 0 aliphatic carbocycles. The summed E-state index contributed by atoms with van der Waals surface area (Å²) in [4.78, 5) is 8.46. The lowest BCUT2D eigenvalue weighted by Gasteiger charge is -2.35. The summed E-state index contributed by atoms with van der Waals surface area (Å²) in [5.74, 6) is 1.06. The molecule has 1 aliphatic rings. The number of hydrogen-bond donors (Lipinski definition) is 0. The summed E-state index contributed by atoms with van der Waals surface area (Å²) < 4.78 is 30.4. The molecule has 0 aromatic carbocycles. The molecule has 1 saturated heterocycles. The Morgan fingerprint density at radius 2 is 2.19 bits per heavy atom. The molecular weight excluding hydrogens is 292 g/mol. The fourth-order valence-corrected chi connectivity index (χ4v) is 3.80. The minimum Gasteiger partial charge on any atom is -0.339 e. The Kier molecular flexibility index (Phi) is 3.73. The summed E-state index contributed by atoms with van der Waals surface area (Å²) in [7, 11) is -3.13. The third kappa shape index (κ3) is 2.81. The van der Waals surface area contributed by atoms with Gasteiger partial charge in [-0.2, -0.15) is 4.98 Å². The van der Waals surface area contributed by atoms with E-state index in [0.29, 0.717) is 36.9 Å². The maximum atomic E-state index is 11.9. The lowest BCUT2D eigenvalue weighted by Crippen LogP contribution is -2.49. The third-order valence-electron chi connectivity index (χ3n) is 3.39. The number of nitrogens with zero attached hydrogens (tertiary/aromatic N) is 4. The van der Waals surface area contributed by atoms with Crippen molar-refractivity contribution in [2.45, 2.75) is 19.3 Å². The summed E-state index contributed by atoms with van der Waals surface area (Å²) in [6, 6.07) is 5.46. The highest BCUT2D eigenvalue weighted by Crippen LogP contribution is 2.29. The normalized spacial score (nSPS) is 16.8. The lowest BCUT2D eigenvalue weighted by atomic mass is 10.0. The molecule has 0 amide bonds. The van der Waals surface area contributed by atoms with E-state index in [1.807, 2.05) is 19.1 Å². The molecule has 112 valence electrons. The van der Waals surface area contributed by atoms with Crippen LogP contribution < -0.4 is 0 Å². The first-order valence-corrected chi connectivity index (χ1v) is 8.44. The van der Waals surface area contributed by atoms with Crippen LogP contribution in [0.1, 0.15) is 25.2 Å². The van der Waals surface area contributed by atoms with E-state index in [2.05, 4.69) is 15.1 Å². The van der Waals surface area contributed by atoms with Gasteiger partial charge in [-0.15, -0.1) is 0 Å². The summed E-state index contributed by atoms with van der Waals surface area (Å²) in [5.41, 5.74) is 0.641. The monoisotopic (exact) mass is 308 g/mol. The first-order chi connectivity index (χ1) is 10.1. The summed E-state index contributed by atoms with van der Waals surface area (Å²) in [6.07, 6.45) is 2.28. The van der Waals surface area contributed by atoms with Gasteiger partial charge in [0.15, 0.2) is 0 Å². The molecule has 3 rings (SSSR count). The number of rotatable bonds is 5. The zero-order valence-corrected chi connectivity index (χ0v) is 12.5. The summed E-state index contributed by atoms with van der Waals surface area (Å²) in [6.45, 7) is 2.67. The fraction of sp³-hybridized carbons (Fsp3) is 0.462. The summed E-state index contributed by atoms with van der Waals surface area (Å²) >= 11 is 0. The van der Waals surface area contributed by atoms with Crippen LogP contribution in [0.4, 0.5) is 0 Å². The second kappa shape index (κ2) is 5.53. The molecular formula is C13H16N4O3S. The van der Waals surface area contributed by atoms with Crippen LogP contribution >= 0.6 is 0 Å². The molecule has 0 radical (unpaired) electrons. The van der Waals surface area contributed by atoms with Crippen molar-refractivity contribution in [3.8, 4) is 11.5 Å². The SMILES string of the molecule is CCCS(=O)(=O)N1CC(c2nc(-c3ccccn3)no2)C1. The summed E-state index contributed by atoms with van der Waals surface area (Å²) in [5, 5.41) is 3.90. The highest BCUT2D eigenvalue weighted by Gasteiger charge is 2.39. The van der Waals surface area contributed by atoms with Crippen LogP contribution in [-0.4, -0.2) is 46.7 Å². The largest absolute Gasteiger partial charge is 0.339 e. The average Bonchev–Trinajstić information content (AvgIpc) is 2.87. The van der Waals surface area contributed by atoms with Crippen molar-refractivity contribution in [2.24, 2.45) is 0 Å². The number of aromatic nitrogens is 3. The minimum absolute atomic E-state index is 0.0263. The maximum absolute atomic E-state index is 11.9. The topological polar surface area (TPSA) is 89.2 Å². The van der Waals surface area contributed by atoms with Gasteiger partial charge in [0, 0.05) is 19.3 Å². The fourth-order valence-electron chi connectivity index (χ4n) is 2.21. The second-order valence-electron chi connectivity index (χ2n) is 5.00. The third-order valence-corrected chi connectivity index (χ3v) is 5.40. The predicted molar refractivity (Wildman–Crippen MR) is 75.9 cm³/mol. The molecule has 0 saturated carbocycles. The number of pyridine rings is 1. The van der Waals surface area contributed by atoms with Crippen molar-refractivity contribution in [1.29, 1.82) is 0 Å². The van der Waals surface area contributed by atoms with Gasteiger partial charge in [-0.1, -0.05) is 18.1 Å². The van der Waals surface area contributed by atoms with E-state index in [4.69, 9.17) is 4.52 Å². The van der Waals surface area contributed by atoms with Crippen LogP contribution in [0.25, 0.3) is 11.5 Å². The van der Waals surface area contributed by atoms with Crippen LogP contribution in [0.3, 0.4) is 0 Å². The highest BCUT2D eigenvalue weighted by molar-refractivity contribution is 7.89. The lowest BCUT2D eigenvalue weighted by molar-refractivity contribution is 0.217. The Labute approximate surface area is 123 Å². The van der Waals surface area contributed by atoms with Crippen molar-refractivity contribution in [1.82, 2.24) is 19.4 Å². The molecule has 0 bridgehead atoms. The van der Waals surface area contributed by atoms with E-state index in [1.54, 1.807) is 12.3 Å². The van der Waals surface area contributed by atoms with E-state index in [9.17, 15) is 8.42 Å². The van der Waals surface area contributed by atoms with Crippen molar-refractivity contribution in [3.63, 3.8) is 0 Å². The molecule has 0 N–H and O–H groups in total. The highest BCUT2D eigenvalue weighted by atomic mass is 32.2. The van der Waals surface area contributed by atoms with Gasteiger partial charge < -0.3 is 4.52 Å². The standard InChI is InChI=1S/C13H16N4O3S/c1-2-7-21(18,19)17-8-10(9-17)13-15-12(16-20-13)11-5-3-4-6-14-11/h3-6,10H,2,7-9H2,1H3. The van der Waals surface area contributed by atoms with Gasteiger partial charge in [0.25, 0.3) is 0 Å². The van der Waals surface area contributed by atoms with Gasteiger partial charge in [-0.05, 0) is 18.6 Å². The van der Waals surface area contributed by atoms with Crippen LogP contribution in [0.5, 0.6) is 0 Å². The Morgan fingerprint density at radius 3 is 2.86 bits per heavy atom. The molecule has 0 atom stereocenters. The molecule has 1 aliphatic heterocycles. The molecule has 1 fully saturated rings. The van der Waals surface area contributed by atoms with Gasteiger partial charge in [0.1, 0.15) is 5.69 Å². The van der Waals surface area contributed by atoms with E-state index in [1.165, 1.54) is 4.31 Å². The molecule has 3 heterocycles. The molecule has 8 heteroatoms. The minimum atomic E-state index is -3.13. The van der Waals surface area contributed by atoms with E-state index in [0.717, 1.165) is 0 Å². The molecule has 2 aromatic rings. The number of sulfonamides is 1. The zero-order valence-electron chi connectivity index (χ0n) is 11.6. The molecule has 21 heavy (non-hydrogen) atoms. The first-order valence-electron chi connectivity index (χ1n) is 6.83.